The minimum Gasteiger partial charge on any atom is -0.207 e. The van der Waals surface area contributed by atoms with E-state index in [1.807, 2.05) is 13.0 Å². The molecule has 2 aromatic rings. The number of hydrogen-bond acceptors (Lipinski definition) is 0. The first-order valence-electron chi connectivity index (χ1n) is 11.3. The number of allylic oxidation sites excluding steroid dienone is 1. The van der Waals surface area contributed by atoms with E-state index in [-0.39, 0.29) is 17.6 Å². The Morgan fingerprint density at radius 1 is 0.897 bits per heavy atom. The number of aryl methyl sites for hydroxylation is 1. The van der Waals surface area contributed by atoms with Crippen molar-refractivity contribution < 1.29 is 8.78 Å². The minimum absolute atomic E-state index is 0.0695. The van der Waals surface area contributed by atoms with Crippen molar-refractivity contribution in [1.29, 1.82) is 0 Å². The van der Waals surface area contributed by atoms with E-state index in [1.54, 1.807) is 12.1 Å². The Morgan fingerprint density at radius 3 is 2.28 bits per heavy atom. The third-order valence-electron chi connectivity index (χ3n) is 7.22. The predicted octanol–water partition coefficient (Wildman–Crippen LogP) is 7.95. The largest absolute Gasteiger partial charge is 0.207 e. The average Bonchev–Trinajstić information content (AvgIpc) is 2.73. The van der Waals surface area contributed by atoms with Gasteiger partial charge in [-0.15, -0.1) is 0 Å². The second kappa shape index (κ2) is 8.81. The van der Waals surface area contributed by atoms with Crippen LogP contribution in [0.25, 0.3) is 6.08 Å². The lowest BCUT2D eigenvalue weighted by Crippen LogP contribution is -2.17. The van der Waals surface area contributed by atoms with E-state index in [1.165, 1.54) is 36.0 Å². The maximum absolute atomic E-state index is 15.1. The van der Waals surface area contributed by atoms with Crippen molar-refractivity contribution in [3.8, 4) is 0 Å². The van der Waals surface area contributed by atoms with Gasteiger partial charge >= 0.3 is 0 Å². The van der Waals surface area contributed by atoms with Gasteiger partial charge in [0.05, 0.1) is 0 Å². The van der Waals surface area contributed by atoms with Gasteiger partial charge in [-0.25, -0.2) is 8.78 Å². The summed E-state index contributed by atoms with van der Waals surface area (Å²) in [5.74, 6) is 0.358. The Morgan fingerprint density at radius 2 is 1.62 bits per heavy atom. The molecule has 0 aromatic heterocycles. The molecule has 1 atom stereocenters. The Hall–Kier alpha value is -1.96. The maximum Gasteiger partial charge on any atom is 0.129 e. The summed E-state index contributed by atoms with van der Waals surface area (Å²) in [5, 5.41) is 0. The molecular weight excluding hydrogens is 362 g/mol. The van der Waals surface area contributed by atoms with Crippen LogP contribution in [0.2, 0.25) is 0 Å². The summed E-state index contributed by atoms with van der Waals surface area (Å²) in [4.78, 5) is 0. The third kappa shape index (κ3) is 4.32. The smallest absolute Gasteiger partial charge is 0.129 e. The molecule has 0 spiro atoms. The molecule has 0 aliphatic heterocycles. The molecule has 2 heteroatoms. The van der Waals surface area contributed by atoms with Crippen molar-refractivity contribution in [2.45, 2.75) is 77.0 Å². The van der Waals surface area contributed by atoms with E-state index in [0.29, 0.717) is 11.5 Å². The maximum atomic E-state index is 15.1. The van der Waals surface area contributed by atoms with E-state index in [4.69, 9.17) is 0 Å². The second-order valence-electron chi connectivity index (χ2n) is 8.99. The van der Waals surface area contributed by atoms with E-state index in [2.05, 4.69) is 31.2 Å². The van der Waals surface area contributed by atoms with Crippen LogP contribution in [0.1, 0.15) is 92.0 Å². The molecule has 2 aromatic carbocycles. The quantitative estimate of drug-likeness (QED) is 0.493. The molecule has 0 amide bonds. The van der Waals surface area contributed by atoms with E-state index < -0.39 is 0 Å². The Bertz CT molecular complexity index is 864. The van der Waals surface area contributed by atoms with Gasteiger partial charge in [0.25, 0.3) is 0 Å². The van der Waals surface area contributed by atoms with Gasteiger partial charge in [-0.2, -0.15) is 0 Å². The van der Waals surface area contributed by atoms with Gasteiger partial charge in [-0.05, 0) is 104 Å². The third-order valence-corrected chi connectivity index (χ3v) is 7.22. The Labute approximate surface area is 174 Å². The molecule has 0 nitrogen and oxygen atoms in total. The summed E-state index contributed by atoms with van der Waals surface area (Å²) < 4.78 is 30.2. The van der Waals surface area contributed by atoms with E-state index >= 15 is 8.78 Å². The Balaban J connectivity index is 1.53. The van der Waals surface area contributed by atoms with Crippen LogP contribution in [-0.2, 0) is 12.8 Å². The number of rotatable bonds is 4. The first-order valence-corrected chi connectivity index (χ1v) is 11.3. The van der Waals surface area contributed by atoms with Gasteiger partial charge < -0.3 is 0 Å². The van der Waals surface area contributed by atoms with Crippen molar-refractivity contribution in [3.63, 3.8) is 0 Å². The van der Waals surface area contributed by atoms with Crippen LogP contribution >= 0.6 is 0 Å². The van der Waals surface area contributed by atoms with Crippen LogP contribution in [0, 0.1) is 17.6 Å². The fraction of sp³-hybridized carbons (Fsp3) is 0.481. The van der Waals surface area contributed by atoms with Gasteiger partial charge in [0.1, 0.15) is 11.6 Å². The molecule has 0 bridgehead atoms. The summed E-state index contributed by atoms with van der Waals surface area (Å²) in [6.45, 7) is 4.25. The van der Waals surface area contributed by atoms with E-state index in [0.717, 1.165) is 43.6 Å². The normalized spacial score (nSPS) is 24.6. The van der Waals surface area contributed by atoms with Gasteiger partial charge in [0.2, 0.25) is 0 Å². The zero-order chi connectivity index (χ0) is 20.4. The van der Waals surface area contributed by atoms with Crippen LogP contribution in [0.15, 0.2) is 36.4 Å². The summed E-state index contributed by atoms with van der Waals surface area (Å²) in [7, 11) is 0. The van der Waals surface area contributed by atoms with Gasteiger partial charge in [0, 0.05) is 5.56 Å². The topological polar surface area (TPSA) is 0 Å². The highest BCUT2D eigenvalue weighted by molar-refractivity contribution is 5.52. The molecule has 2 aliphatic rings. The zero-order valence-corrected chi connectivity index (χ0v) is 17.7. The van der Waals surface area contributed by atoms with Crippen LogP contribution < -0.4 is 0 Å². The molecule has 4 rings (SSSR count). The van der Waals surface area contributed by atoms with Crippen LogP contribution in [0.3, 0.4) is 0 Å². The predicted molar refractivity (Wildman–Crippen MR) is 117 cm³/mol. The number of hydrogen-bond donors (Lipinski definition) is 0. The van der Waals surface area contributed by atoms with Gasteiger partial charge in [-0.3, -0.25) is 0 Å². The van der Waals surface area contributed by atoms with Crippen LogP contribution in [-0.4, -0.2) is 0 Å². The number of fused-ring (bicyclic) bond motifs is 1. The number of benzene rings is 2. The summed E-state index contributed by atoms with van der Waals surface area (Å²) in [6.07, 6.45) is 12.2. The first-order chi connectivity index (χ1) is 14.1. The molecule has 0 saturated heterocycles. The molecule has 0 radical (unpaired) electrons. The average molecular weight is 395 g/mol. The lowest BCUT2D eigenvalue weighted by molar-refractivity contribution is 0.317. The number of halogens is 2. The second-order valence-corrected chi connectivity index (χ2v) is 8.99. The SMILES string of the molecule is C/C=C/c1ccc2c(c1)CCC(c1c(F)cc(C3CCC(CC)CC3)cc1F)C2. The molecule has 1 fully saturated rings. The monoisotopic (exact) mass is 394 g/mol. The lowest BCUT2D eigenvalue weighted by atomic mass is 9.76. The molecular formula is C27H32F2. The zero-order valence-electron chi connectivity index (χ0n) is 17.7. The van der Waals surface area contributed by atoms with Crippen molar-refractivity contribution in [2.24, 2.45) is 5.92 Å². The highest BCUT2D eigenvalue weighted by atomic mass is 19.1. The van der Waals surface area contributed by atoms with Crippen molar-refractivity contribution in [1.82, 2.24) is 0 Å². The van der Waals surface area contributed by atoms with Gasteiger partial charge in [0.15, 0.2) is 0 Å². The van der Waals surface area contributed by atoms with Gasteiger partial charge in [-0.1, -0.05) is 43.7 Å². The van der Waals surface area contributed by atoms with Crippen LogP contribution in [0.4, 0.5) is 8.78 Å². The Kier molecular flexibility index (Phi) is 6.18. The fourth-order valence-electron chi connectivity index (χ4n) is 5.45. The highest BCUT2D eigenvalue weighted by Gasteiger charge is 2.28. The summed E-state index contributed by atoms with van der Waals surface area (Å²) in [5.41, 5.74) is 4.92. The molecule has 0 N–H and O–H groups in total. The minimum atomic E-state index is -0.336. The molecule has 154 valence electrons. The molecule has 29 heavy (non-hydrogen) atoms. The summed E-state index contributed by atoms with van der Waals surface area (Å²) in [6, 6.07) is 9.73. The fourth-order valence-corrected chi connectivity index (χ4v) is 5.45. The van der Waals surface area contributed by atoms with Crippen molar-refractivity contribution >= 4 is 6.08 Å². The summed E-state index contributed by atoms with van der Waals surface area (Å²) >= 11 is 0. The molecule has 1 unspecified atom stereocenters. The van der Waals surface area contributed by atoms with Crippen LogP contribution in [0.5, 0.6) is 0 Å². The van der Waals surface area contributed by atoms with Crippen molar-refractivity contribution in [3.05, 3.63) is 75.9 Å². The molecule has 1 saturated carbocycles. The van der Waals surface area contributed by atoms with E-state index in [9.17, 15) is 0 Å². The lowest BCUT2D eigenvalue weighted by Gasteiger charge is -2.29. The first kappa shape index (κ1) is 20.3. The van der Waals surface area contributed by atoms with Crippen molar-refractivity contribution in [2.75, 3.05) is 0 Å². The highest BCUT2D eigenvalue weighted by Crippen LogP contribution is 2.40. The molecule has 2 aliphatic carbocycles. The molecule has 0 heterocycles. The standard InChI is InChI=1S/C27H32F2/c1-3-5-19-8-11-22-15-23(13-12-21(22)14-19)27-25(28)16-24(17-26(27)29)20-9-6-18(4-2)7-10-20/h3,5,8,11,14,16-18,20,23H,4,6-7,9-10,12-13,15H2,1-2H3/b5-3+.